The molecule has 1 saturated heterocycles. The summed E-state index contributed by atoms with van der Waals surface area (Å²) in [5, 5.41) is 20.2. The summed E-state index contributed by atoms with van der Waals surface area (Å²) >= 11 is 0. The van der Waals surface area contributed by atoms with E-state index in [1.807, 2.05) is 23.1 Å². The number of fused-ring (bicyclic) bond motifs is 1. The Labute approximate surface area is 198 Å². The molecule has 8 heteroatoms. The van der Waals surface area contributed by atoms with Crippen LogP contribution in [0.5, 0.6) is 5.75 Å². The van der Waals surface area contributed by atoms with Gasteiger partial charge in [0.05, 0.1) is 7.11 Å². The number of hydrogen-bond donors (Lipinski definition) is 2. The molecule has 1 fully saturated rings. The Hall–Kier alpha value is -3.62. The van der Waals surface area contributed by atoms with Gasteiger partial charge in [-0.3, -0.25) is 19.4 Å². The topological polar surface area (TPSA) is 95.2 Å². The molecule has 0 amide bonds. The van der Waals surface area contributed by atoms with E-state index in [1.54, 1.807) is 36.1 Å². The Balaban J connectivity index is 1.52. The third-order valence-electron chi connectivity index (χ3n) is 6.20. The highest BCUT2D eigenvalue weighted by Gasteiger charge is 2.33. The highest BCUT2D eigenvalue weighted by atomic mass is 16.5. The van der Waals surface area contributed by atoms with Crippen molar-refractivity contribution in [1.29, 1.82) is 0 Å². The van der Waals surface area contributed by atoms with Crippen molar-refractivity contribution in [3.63, 3.8) is 0 Å². The molecule has 1 aliphatic rings. The summed E-state index contributed by atoms with van der Waals surface area (Å²) < 4.78 is 6.93. The molecule has 8 nitrogen and oxygen atoms in total. The van der Waals surface area contributed by atoms with Gasteiger partial charge in [0.15, 0.2) is 0 Å². The van der Waals surface area contributed by atoms with Gasteiger partial charge >= 0.3 is 11.9 Å². The minimum atomic E-state index is -0.983. The number of carboxylic acid groups (broad SMARTS) is 2. The van der Waals surface area contributed by atoms with E-state index in [9.17, 15) is 19.8 Å². The van der Waals surface area contributed by atoms with Crippen LogP contribution in [-0.4, -0.2) is 76.4 Å². The van der Waals surface area contributed by atoms with E-state index in [-0.39, 0.29) is 6.54 Å². The summed E-state index contributed by atoms with van der Waals surface area (Å²) in [6.45, 7) is 3.27. The number of benzene rings is 2. The number of piperazine rings is 1. The van der Waals surface area contributed by atoms with E-state index < -0.39 is 18.0 Å². The minimum Gasteiger partial charge on any atom is -0.497 e. The van der Waals surface area contributed by atoms with Gasteiger partial charge < -0.3 is 19.5 Å². The fraction of sp³-hybridized carbons (Fsp3) is 0.308. The second kappa shape index (κ2) is 10.5. The number of carbonyl (C=O) groups is 2. The van der Waals surface area contributed by atoms with Gasteiger partial charge in [-0.15, -0.1) is 0 Å². The van der Waals surface area contributed by atoms with Crippen LogP contribution in [-0.2, 0) is 16.1 Å². The molecule has 34 heavy (non-hydrogen) atoms. The van der Waals surface area contributed by atoms with Crippen molar-refractivity contribution >= 4 is 28.9 Å². The van der Waals surface area contributed by atoms with E-state index >= 15 is 0 Å². The van der Waals surface area contributed by atoms with Crippen LogP contribution in [0.3, 0.4) is 0 Å². The van der Waals surface area contributed by atoms with Gasteiger partial charge in [0.1, 0.15) is 18.3 Å². The van der Waals surface area contributed by atoms with Crippen molar-refractivity contribution in [2.75, 3.05) is 39.8 Å². The third kappa shape index (κ3) is 5.30. The molecule has 1 aliphatic heterocycles. The molecule has 1 atom stereocenters. The highest BCUT2D eigenvalue weighted by Crippen LogP contribution is 2.33. The Morgan fingerprint density at radius 2 is 1.79 bits per heavy atom. The smallest absolute Gasteiger partial charge is 0.325 e. The molecule has 0 radical (unpaired) electrons. The molecule has 2 aromatic carbocycles. The van der Waals surface area contributed by atoms with E-state index in [2.05, 4.69) is 29.2 Å². The molecule has 2 N–H and O–H groups in total. The number of rotatable bonds is 9. The van der Waals surface area contributed by atoms with E-state index in [0.29, 0.717) is 35.3 Å². The Kier molecular flexibility index (Phi) is 7.30. The number of nitrogens with zero attached hydrogens (tertiary/aromatic N) is 3. The summed E-state index contributed by atoms with van der Waals surface area (Å²) in [6, 6.07) is 14.6. The maximum Gasteiger partial charge on any atom is 0.325 e. The number of aliphatic carboxylic acids is 2. The first-order chi connectivity index (χ1) is 16.5. The van der Waals surface area contributed by atoms with Crippen LogP contribution < -0.4 is 4.74 Å². The van der Waals surface area contributed by atoms with Crippen LogP contribution in [0.25, 0.3) is 17.0 Å². The van der Waals surface area contributed by atoms with Gasteiger partial charge in [-0.1, -0.05) is 42.5 Å². The predicted molar refractivity (Wildman–Crippen MR) is 130 cm³/mol. The molecule has 0 bridgehead atoms. The maximum absolute atomic E-state index is 12.4. The lowest BCUT2D eigenvalue weighted by Gasteiger charge is -2.37. The van der Waals surface area contributed by atoms with Crippen LogP contribution in [0.15, 0.2) is 60.8 Å². The molecule has 0 saturated carbocycles. The van der Waals surface area contributed by atoms with Crippen LogP contribution in [0.1, 0.15) is 17.2 Å². The van der Waals surface area contributed by atoms with Crippen LogP contribution in [0.2, 0.25) is 0 Å². The summed E-state index contributed by atoms with van der Waals surface area (Å²) in [4.78, 5) is 28.1. The first kappa shape index (κ1) is 23.5. The molecular formula is C26H29N3O5. The van der Waals surface area contributed by atoms with Gasteiger partial charge in [0.2, 0.25) is 0 Å². The summed E-state index contributed by atoms with van der Waals surface area (Å²) in [6.07, 6.45) is 5.88. The van der Waals surface area contributed by atoms with Gasteiger partial charge in [0.25, 0.3) is 0 Å². The lowest BCUT2D eigenvalue weighted by molar-refractivity contribution is -0.144. The van der Waals surface area contributed by atoms with Crippen molar-refractivity contribution in [3.8, 4) is 5.75 Å². The zero-order valence-electron chi connectivity index (χ0n) is 19.1. The molecular weight excluding hydrogens is 434 g/mol. The summed E-state index contributed by atoms with van der Waals surface area (Å²) in [7, 11) is 1.55. The Morgan fingerprint density at radius 1 is 1.06 bits per heavy atom. The van der Waals surface area contributed by atoms with Crippen molar-refractivity contribution in [3.05, 3.63) is 71.9 Å². The molecule has 2 heterocycles. The minimum absolute atomic E-state index is 0.239. The highest BCUT2D eigenvalue weighted by molar-refractivity contribution is 5.91. The van der Waals surface area contributed by atoms with Gasteiger partial charge in [-0.25, -0.2) is 0 Å². The van der Waals surface area contributed by atoms with Crippen LogP contribution in [0.4, 0.5) is 0 Å². The second-order valence-electron chi connectivity index (χ2n) is 8.38. The van der Waals surface area contributed by atoms with Crippen LogP contribution >= 0.6 is 0 Å². The number of hydrogen-bond acceptors (Lipinski definition) is 5. The molecule has 0 unspecified atom stereocenters. The van der Waals surface area contributed by atoms with Crippen molar-refractivity contribution in [1.82, 2.24) is 14.4 Å². The zero-order valence-corrected chi connectivity index (χ0v) is 19.1. The fourth-order valence-corrected chi connectivity index (χ4v) is 4.52. The zero-order chi connectivity index (χ0) is 24.1. The van der Waals surface area contributed by atoms with E-state index in [0.717, 1.165) is 25.2 Å². The number of carboxylic acids is 2. The largest absolute Gasteiger partial charge is 0.497 e. The first-order valence-corrected chi connectivity index (χ1v) is 11.3. The standard InChI is InChI=1S/C26H29N3O5/c1-34-20-9-10-23-21(16-20)22(17-29(23)18-24(30)31)25(26(32)33)28-14-12-27(13-15-28)11-5-8-19-6-3-2-4-7-19/h2-10,16-17,25H,11-15,18H2,1H3,(H,30,31)(H,32,33)/t25-/m1/s1. The normalized spacial score (nSPS) is 16.1. The van der Waals surface area contributed by atoms with Gasteiger partial charge in [-0.2, -0.15) is 0 Å². The summed E-state index contributed by atoms with van der Waals surface area (Å²) in [5.74, 6) is -1.33. The van der Waals surface area contributed by atoms with Crippen molar-refractivity contribution < 1.29 is 24.5 Å². The predicted octanol–water partition coefficient (Wildman–Crippen LogP) is 3.19. The number of methoxy groups -OCH3 is 1. The second-order valence-corrected chi connectivity index (χ2v) is 8.38. The molecule has 0 aliphatic carbocycles. The van der Waals surface area contributed by atoms with Crippen LogP contribution in [0, 0.1) is 0 Å². The van der Waals surface area contributed by atoms with Gasteiger partial charge in [-0.05, 0) is 23.8 Å². The average Bonchev–Trinajstić information content (AvgIpc) is 3.17. The maximum atomic E-state index is 12.4. The van der Waals surface area contributed by atoms with E-state index in [4.69, 9.17) is 4.74 Å². The SMILES string of the molecule is COc1ccc2c(c1)c([C@H](C(=O)O)N1CCN(CC=Cc3ccccc3)CC1)cn2CC(=O)O. The fourth-order valence-electron chi connectivity index (χ4n) is 4.52. The van der Waals surface area contributed by atoms with Crippen molar-refractivity contribution in [2.24, 2.45) is 0 Å². The Bertz CT molecular complexity index is 1180. The Morgan fingerprint density at radius 3 is 2.44 bits per heavy atom. The summed E-state index contributed by atoms with van der Waals surface area (Å²) in [5.41, 5.74) is 2.41. The van der Waals surface area contributed by atoms with Gasteiger partial charge in [0, 0.05) is 55.4 Å². The number of ether oxygens (including phenoxy) is 1. The first-order valence-electron chi connectivity index (χ1n) is 11.3. The molecule has 4 rings (SSSR count). The monoisotopic (exact) mass is 463 g/mol. The molecule has 0 spiro atoms. The average molecular weight is 464 g/mol. The number of aromatic nitrogens is 1. The van der Waals surface area contributed by atoms with Crippen molar-refractivity contribution in [2.45, 2.75) is 12.6 Å². The lowest BCUT2D eigenvalue weighted by Crippen LogP contribution is -2.49. The quantitative estimate of drug-likeness (QED) is 0.503. The van der Waals surface area contributed by atoms with E-state index in [1.165, 1.54) is 0 Å². The lowest BCUT2D eigenvalue weighted by atomic mass is 10.0. The third-order valence-corrected chi connectivity index (χ3v) is 6.20. The molecule has 1 aromatic heterocycles. The molecule has 178 valence electrons. The molecule has 3 aromatic rings.